The van der Waals surface area contributed by atoms with Crippen LogP contribution in [0.4, 0.5) is 0 Å². The number of allylic oxidation sites excluding steroid dienone is 2. The Hall–Kier alpha value is -0.639. The van der Waals surface area contributed by atoms with Gasteiger partial charge in [-0.1, -0.05) is 182 Å². The van der Waals surface area contributed by atoms with Crippen molar-refractivity contribution < 1.29 is 149 Å². The number of nitrogens with zero attached hydrogens (tertiary/aromatic N) is 2. The van der Waals surface area contributed by atoms with Gasteiger partial charge in [0.25, 0.3) is 0 Å². The molecule has 10 rings (SSSR count). The Morgan fingerprint density at radius 3 is 1.25 bits per heavy atom. The van der Waals surface area contributed by atoms with E-state index in [0.717, 1.165) is 122 Å². The van der Waals surface area contributed by atoms with Crippen LogP contribution in [0.3, 0.4) is 0 Å². The van der Waals surface area contributed by atoms with Crippen molar-refractivity contribution >= 4 is 24.1 Å². The molecule has 0 bridgehead atoms. The van der Waals surface area contributed by atoms with E-state index < -0.39 is 24.5 Å². The molecule has 8 saturated carbocycles. The van der Waals surface area contributed by atoms with Crippen LogP contribution < -0.4 is 47.9 Å². The van der Waals surface area contributed by atoms with Crippen LogP contribution in [-0.2, 0) is 85.1 Å². The smallest absolute Gasteiger partial charge is 0.676 e. The van der Waals surface area contributed by atoms with Crippen LogP contribution in [0.1, 0.15) is 262 Å². The fraction of sp³-hybridized carbons (Fsp3) is 0.890. The number of rotatable bonds is 30. The predicted molar refractivity (Wildman–Crippen MR) is 400 cm³/mol. The first-order valence-electron chi connectivity index (χ1n) is 40.0. The molecule has 0 aromatic heterocycles. The van der Waals surface area contributed by atoms with Crippen LogP contribution in [0.5, 0.6) is 0 Å². The van der Waals surface area contributed by atoms with E-state index in [-0.39, 0.29) is 153 Å². The standard InChI is InChI=1S/C35H59NO6.C34H58NO4.2C6H12N2.CO2.2Li.2H2O.2Pt/c1-24(2)7-6-8-25(3)29-11-12-30-28-10-9-26-21-27(13-15-34(26,4)31(28)14-16-35(29,30)5)42-20-19-41-18-17-36(22-32(37)38)23-33(39)40;1-24(2)8-7-9-25(3)29-12-13-30-28-11-10-26-22-27(39-21-20-38-19-18-35(6)23-32(36)37)14-16-33(26,4)31(28)15-17-34(29,30)5;2*7-5-3-1-2-4-6(5)8;2-1-3;;;;;;/h9,24-25,27-31H,6-8,10-23H2,1-5H3,(H,37,38)(H,39,40);10,24-25,27-31H,6-9,11-23H2,1-5H3,(H,36,37);2*5-8H,1-4H2;;;;2*1H2;;/q;-1;2*-2;;2*+1;;;;+2/p-2/t25-,27+,28+,29-,30+,31+,34+,35-;25-,27+,28+,29-,30+,31+,33+,34-;2*5-,6-;;;;;;;/m1111......./s1. The fourth-order valence-electron chi connectivity index (χ4n) is 21.8. The normalized spacial score (nSPS) is 33.5. The van der Waals surface area contributed by atoms with Gasteiger partial charge in [0.2, 0.25) is 0 Å². The van der Waals surface area contributed by atoms with Gasteiger partial charge in [-0.3, -0.25) is 16.7 Å². The number of carboxylic acids is 3. The van der Waals surface area contributed by atoms with Crippen molar-refractivity contribution in [3.05, 3.63) is 53.3 Å². The fourth-order valence-corrected chi connectivity index (χ4v) is 21.8. The van der Waals surface area contributed by atoms with E-state index in [4.69, 9.17) is 56.6 Å². The minimum absolute atomic E-state index is 0. The number of nitrogens with one attached hydrogen (secondary N) is 4. The van der Waals surface area contributed by atoms with Crippen molar-refractivity contribution in [2.24, 2.45) is 92.7 Å². The second-order valence-corrected chi connectivity index (χ2v) is 34.8. The zero-order chi connectivity index (χ0) is 73.4. The Bertz CT molecular complexity index is 2530. The summed E-state index contributed by atoms with van der Waals surface area (Å²) >= 11 is 0. The van der Waals surface area contributed by atoms with Crippen LogP contribution >= 0.6 is 0 Å². The molecule has 0 aromatic rings. The zero-order valence-electron chi connectivity index (χ0n) is 67.7. The van der Waals surface area contributed by atoms with Crippen LogP contribution in [0.15, 0.2) is 23.3 Å². The summed E-state index contributed by atoms with van der Waals surface area (Å²) in [5, 5.41) is 30.4. The average molecular weight is 1840 g/mol. The van der Waals surface area contributed by atoms with Gasteiger partial charge in [-0.25, -0.2) is 0 Å². The third-order valence-electron chi connectivity index (χ3n) is 27.4. The third kappa shape index (κ3) is 30.9. The van der Waals surface area contributed by atoms with Gasteiger partial charge in [0.1, 0.15) is 0 Å². The molecule has 8 fully saturated rings. The number of aliphatic carboxylic acids is 3. The minimum Gasteiger partial charge on any atom is -0.676 e. The Morgan fingerprint density at radius 2 is 0.906 bits per heavy atom. The topological polar surface area (TPSA) is 353 Å². The van der Waals surface area contributed by atoms with Crippen LogP contribution in [-0.4, -0.2) is 159 Å². The number of hydrogen-bond acceptors (Lipinski definition) is 13. The first kappa shape index (κ1) is 105. The monoisotopic (exact) mass is 1840 g/mol. The van der Waals surface area contributed by atoms with Gasteiger partial charge >= 0.3 is 70.9 Å². The van der Waals surface area contributed by atoms with Gasteiger partial charge in [0, 0.05) is 40.7 Å². The zero-order valence-corrected chi connectivity index (χ0v) is 72.3. The molecule has 20 nitrogen and oxygen atoms in total. The third-order valence-corrected chi connectivity index (χ3v) is 27.4. The Labute approximate surface area is 694 Å². The maximum absolute atomic E-state index is 10.9. The van der Waals surface area contributed by atoms with Crippen molar-refractivity contribution in [2.45, 2.75) is 298 Å². The average Bonchev–Trinajstić information content (AvgIpc) is 1.42. The number of hydrogen-bond donors (Lipinski definition) is 1. The molecule has 106 heavy (non-hydrogen) atoms. The molecule has 0 aliphatic heterocycles. The largest absolute Gasteiger partial charge is 2.00 e. The first-order chi connectivity index (χ1) is 47.5. The summed E-state index contributed by atoms with van der Waals surface area (Å²) in [7, 11) is 3.69. The quantitative estimate of drug-likeness (QED) is 0.0305. The summed E-state index contributed by atoms with van der Waals surface area (Å²) in [4.78, 5) is 51.4. The van der Waals surface area contributed by atoms with Crippen LogP contribution in [0.25, 0.3) is 22.9 Å². The first-order valence-corrected chi connectivity index (χ1v) is 40.0. The molecule has 10 aliphatic rings. The Kier molecular flexibility index (Phi) is 51.7. The molecule has 0 saturated heterocycles. The second-order valence-electron chi connectivity index (χ2n) is 34.8. The molecule has 0 unspecified atom stereocenters. The number of ether oxygens (including phenoxy) is 4. The van der Waals surface area contributed by atoms with Gasteiger partial charge in [-0.15, -0.1) is 0 Å². The number of carboxylic acid groups (broad SMARTS) is 3. The summed E-state index contributed by atoms with van der Waals surface area (Å²) in [5.41, 5.74) is 34.2. The van der Waals surface area contributed by atoms with E-state index in [1.165, 1.54) is 151 Å². The van der Waals surface area contributed by atoms with Gasteiger partial charge in [0.05, 0.1) is 70.3 Å². The number of fused-ring (bicyclic) bond motifs is 10. The molecule has 9 N–H and O–H groups in total. The summed E-state index contributed by atoms with van der Waals surface area (Å²) < 4.78 is 23.8. The van der Waals surface area contributed by atoms with Crippen molar-refractivity contribution in [3.8, 4) is 0 Å². The SMILES string of the molecule is CC(C)CCC[C@@H](C)[C@H]1CC[C@H]2[C@@H]3CC=C4C[C@@H](OCCOCCN(CC(=O)[O-])CC(=O)O)CC[C@]4(C)[C@H]3CC[C@]12C.O.O.O=C=O.[CH2-]N(CCOCCO[C@H]1CC[C@@]2(C)C(=CC[C@H]3[C@@H]4CC[C@H]([C@H](C)CCCC(C)C)[C@@]4(C)CC[C@@H]32)C1)CC(=O)[O-].[Li+].[Li+].[NH-][C@@H]1CCCC[C@H]1[NH-].[NH-][C@@H]1CCCC[C@H]1[NH-].[Pt+2].[Pt]. The Balaban J connectivity index is 0.00000159. The van der Waals surface area contributed by atoms with Crippen molar-refractivity contribution in [3.63, 3.8) is 0 Å². The van der Waals surface area contributed by atoms with E-state index in [1.807, 2.05) is 0 Å². The van der Waals surface area contributed by atoms with E-state index in [1.54, 1.807) is 11.1 Å². The number of carbonyl (C=O) groups excluding carboxylic acids is 4. The summed E-state index contributed by atoms with van der Waals surface area (Å²) in [5.74, 6) is 6.89. The van der Waals surface area contributed by atoms with Gasteiger partial charge in [0.15, 0.2) is 0 Å². The van der Waals surface area contributed by atoms with E-state index in [0.29, 0.717) is 67.3 Å². The molecule has 0 aromatic carbocycles. The van der Waals surface area contributed by atoms with Gasteiger partial charge in [-0.2, -0.15) is 33.8 Å². The molecule has 0 heterocycles. The maximum Gasteiger partial charge on any atom is 2.00 e. The molecule has 10 aliphatic carbocycles. The Morgan fingerprint density at radius 1 is 0.538 bits per heavy atom. The summed E-state index contributed by atoms with van der Waals surface area (Å²) in [6.45, 7) is 27.6. The van der Waals surface area contributed by atoms with E-state index in [9.17, 15) is 24.6 Å². The summed E-state index contributed by atoms with van der Waals surface area (Å²) in [6, 6.07) is -0.319. The van der Waals surface area contributed by atoms with Gasteiger partial charge in [-0.05, 0) is 202 Å². The van der Waals surface area contributed by atoms with E-state index >= 15 is 0 Å². The van der Waals surface area contributed by atoms with Crippen LogP contribution in [0.2, 0.25) is 0 Å². The summed E-state index contributed by atoms with van der Waals surface area (Å²) in [6.07, 6.45) is 43.7. The molecule has 20 atom stereocenters. The van der Waals surface area contributed by atoms with E-state index in [2.05, 4.69) is 88.4 Å². The predicted octanol–water partition coefficient (Wildman–Crippen LogP) is 8.41. The molecule has 0 spiro atoms. The van der Waals surface area contributed by atoms with Crippen molar-refractivity contribution in [2.75, 3.05) is 72.4 Å². The van der Waals surface area contributed by atoms with Gasteiger partial charge < -0.3 is 82.6 Å². The number of carbonyl (C=O) groups is 3. The molecular formula is C82H143Li2N6O14Pt2-3. The molecule has 0 amide bonds. The van der Waals surface area contributed by atoms with Crippen molar-refractivity contribution in [1.82, 2.24) is 9.80 Å². The van der Waals surface area contributed by atoms with Crippen molar-refractivity contribution in [1.29, 1.82) is 0 Å². The molecule has 0 radical (unpaired) electrons. The minimum atomic E-state index is -1.29. The van der Waals surface area contributed by atoms with Crippen LogP contribution in [0, 0.1) is 99.7 Å². The maximum atomic E-state index is 10.9. The molecule has 610 valence electrons. The molecule has 24 heteroatoms. The molecular weight excluding hydrogens is 1700 g/mol. The second kappa shape index (κ2) is 52.0.